The van der Waals surface area contributed by atoms with Gasteiger partial charge in [-0.3, -0.25) is 4.98 Å². The van der Waals surface area contributed by atoms with Gasteiger partial charge in [0.1, 0.15) is 0 Å². The van der Waals surface area contributed by atoms with Crippen molar-refractivity contribution in [3.63, 3.8) is 0 Å². The highest BCUT2D eigenvalue weighted by Gasteiger charge is 2.23. The number of rotatable bonds is 9. The van der Waals surface area contributed by atoms with Crippen molar-refractivity contribution >= 4 is 0 Å². The highest BCUT2D eigenvalue weighted by molar-refractivity contribution is 5.11. The van der Waals surface area contributed by atoms with E-state index in [4.69, 9.17) is 4.98 Å². The molecule has 5 heteroatoms. The molecule has 0 amide bonds. The Hall–Kier alpha value is -1.01. The van der Waals surface area contributed by atoms with Crippen molar-refractivity contribution in [3.05, 3.63) is 29.6 Å². The molecule has 1 heterocycles. The largest absolute Gasteiger partial charge is 0.315 e. The number of likely N-dealkylation sites (N-methyl/N-ethyl adjacent to an activating group) is 2. The molecule has 2 aliphatic rings. The van der Waals surface area contributed by atoms with Crippen molar-refractivity contribution in [2.24, 2.45) is 0 Å². The van der Waals surface area contributed by atoms with Gasteiger partial charge in [-0.05, 0) is 51.4 Å². The van der Waals surface area contributed by atoms with E-state index >= 15 is 0 Å². The Bertz CT molecular complexity index is 578. The third-order valence-corrected chi connectivity index (χ3v) is 6.82. The molecule has 3 rings (SSSR count). The topological polar surface area (TPSA) is 61.0 Å². The molecule has 0 bridgehead atoms. The molecule has 1 aromatic rings. The fraction of sp³-hybridized carbons (Fsp3) is 0.792. The zero-order chi connectivity index (χ0) is 20.3. The van der Waals surface area contributed by atoms with Gasteiger partial charge in [-0.25, -0.2) is 0 Å². The van der Waals surface area contributed by atoms with Crippen molar-refractivity contribution in [3.8, 4) is 0 Å². The molecule has 0 radical (unpaired) electrons. The van der Waals surface area contributed by atoms with E-state index in [0.29, 0.717) is 24.2 Å². The standard InChI is InChI=1S/C24H43N5/c1-3-26-23-15-8-5-9-16-24(23)28-18-20-12-10-11-19(29-20)17-27-22-14-7-4-6-13-21(22)25-2/h10-12,21-28H,3-9,13-18H2,1-2H3/t21-,22-,23-,24-/m0/s1. The molecular formula is C24H43N5. The average Bonchev–Trinajstić information content (AvgIpc) is 3.11. The van der Waals surface area contributed by atoms with E-state index in [2.05, 4.69) is 53.4 Å². The highest BCUT2D eigenvalue weighted by Crippen LogP contribution is 2.19. The second-order valence-electron chi connectivity index (χ2n) is 8.93. The Morgan fingerprint density at radius 2 is 1.21 bits per heavy atom. The molecule has 0 aromatic carbocycles. The summed E-state index contributed by atoms with van der Waals surface area (Å²) in [6, 6.07) is 8.79. The first-order chi connectivity index (χ1) is 14.3. The second kappa shape index (κ2) is 12.6. The van der Waals surface area contributed by atoms with E-state index in [9.17, 15) is 0 Å². The summed E-state index contributed by atoms with van der Waals surface area (Å²) in [6.45, 7) is 4.99. The molecule has 0 aliphatic heterocycles. The smallest absolute Gasteiger partial charge is 0.0545 e. The number of nitrogens with zero attached hydrogens (tertiary/aromatic N) is 1. The van der Waals surface area contributed by atoms with Crippen molar-refractivity contribution in [1.82, 2.24) is 26.3 Å². The summed E-state index contributed by atoms with van der Waals surface area (Å²) in [5.41, 5.74) is 2.32. The minimum Gasteiger partial charge on any atom is -0.315 e. The lowest BCUT2D eigenvalue weighted by molar-refractivity contribution is 0.353. The predicted octanol–water partition coefficient (Wildman–Crippen LogP) is 3.49. The SMILES string of the molecule is CCN[C@H]1CCCCC[C@@H]1NCc1cccc(CN[C@H]2CCCCC[C@@H]2NC)n1. The summed E-state index contributed by atoms with van der Waals surface area (Å²) in [5, 5.41) is 14.8. The van der Waals surface area contributed by atoms with Gasteiger partial charge in [0, 0.05) is 37.3 Å². The minimum atomic E-state index is 0.554. The quantitative estimate of drug-likeness (QED) is 0.477. The molecule has 5 nitrogen and oxygen atoms in total. The lowest BCUT2D eigenvalue weighted by atomic mass is 10.0. The van der Waals surface area contributed by atoms with Gasteiger partial charge in [-0.15, -0.1) is 0 Å². The van der Waals surface area contributed by atoms with E-state index in [0.717, 1.165) is 31.0 Å². The van der Waals surface area contributed by atoms with Crippen molar-refractivity contribution in [2.75, 3.05) is 13.6 Å². The van der Waals surface area contributed by atoms with Crippen LogP contribution in [0.15, 0.2) is 18.2 Å². The second-order valence-corrected chi connectivity index (χ2v) is 8.93. The Kier molecular flexibility index (Phi) is 9.87. The summed E-state index contributed by atoms with van der Waals surface area (Å²) >= 11 is 0. The maximum absolute atomic E-state index is 4.94. The maximum Gasteiger partial charge on any atom is 0.0545 e. The van der Waals surface area contributed by atoms with E-state index in [1.165, 1.54) is 64.2 Å². The molecule has 1 aromatic heterocycles. The summed E-state index contributed by atoms with van der Waals surface area (Å²) in [6.07, 6.45) is 13.2. The third kappa shape index (κ3) is 7.32. The van der Waals surface area contributed by atoms with Gasteiger partial charge in [0.05, 0.1) is 11.4 Å². The van der Waals surface area contributed by atoms with Gasteiger partial charge in [-0.1, -0.05) is 51.5 Å². The van der Waals surface area contributed by atoms with Crippen LogP contribution < -0.4 is 21.3 Å². The van der Waals surface area contributed by atoms with Crippen LogP contribution in [0.3, 0.4) is 0 Å². The lowest BCUT2D eigenvalue weighted by Crippen LogP contribution is -2.47. The molecule has 164 valence electrons. The van der Waals surface area contributed by atoms with Crippen LogP contribution in [-0.4, -0.2) is 42.7 Å². The molecular weight excluding hydrogens is 358 g/mol. The van der Waals surface area contributed by atoms with Crippen molar-refractivity contribution < 1.29 is 0 Å². The molecule has 4 atom stereocenters. The molecule has 0 unspecified atom stereocenters. The first kappa shape index (κ1) is 22.7. The number of hydrogen-bond donors (Lipinski definition) is 4. The highest BCUT2D eigenvalue weighted by atomic mass is 15.0. The molecule has 2 fully saturated rings. The average molecular weight is 402 g/mol. The third-order valence-electron chi connectivity index (χ3n) is 6.82. The molecule has 4 N–H and O–H groups in total. The summed E-state index contributed by atoms with van der Waals surface area (Å²) in [5.74, 6) is 0. The van der Waals surface area contributed by atoms with Crippen LogP contribution in [0.2, 0.25) is 0 Å². The van der Waals surface area contributed by atoms with Gasteiger partial charge < -0.3 is 21.3 Å². The van der Waals surface area contributed by atoms with Crippen molar-refractivity contribution in [1.29, 1.82) is 0 Å². The van der Waals surface area contributed by atoms with Crippen LogP contribution in [0.5, 0.6) is 0 Å². The Morgan fingerprint density at radius 3 is 1.72 bits per heavy atom. The maximum atomic E-state index is 4.94. The molecule has 0 spiro atoms. The Morgan fingerprint density at radius 1 is 0.724 bits per heavy atom. The Balaban J connectivity index is 1.52. The first-order valence-electron chi connectivity index (χ1n) is 12.1. The van der Waals surface area contributed by atoms with E-state index in [1.807, 2.05) is 0 Å². The van der Waals surface area contributed by atoms with E-state index < -0.39 is 0 Å². The van der Waals surface area contributed by atoms with Crippen molar-refractivity contribution in [2.45, 2.75) is 108 Å². The van der Waals surface area contributed by atoms with Gasteiger partial charge in [-0.2, -0.15) is 0 Å². The van der Waals surface area contributed by atoms with Gasteiger partial charge in [0.25, 0.3) is 0 Å². The molecule has 2 aliphatic carbocycles. The molecule has 29 heavy (non-hydrogen) atoms. The number of hydrogen-bond acceptors (Lipinski definition) is 5. The van der Waals surface area contributed by atoms with Crippen LogP contribution in [0.1, 0.15) is 82.5 Å². The van der Waals surface area contributed by atoms with Crippen LogP contribution >= 0.6 is 0 Å². The van der Waals surface area contributed by atoms with Crippen LogP contribution in [-0.2, 0) is 13.1 Å². The fourth-order valence-corrected chi connectivity index (χ4v) is 5.15. The normalized spacial score (nSPS) is 28.6. The monoisotopic (exact) mass is 401 g/mol. The van der Waals surface area contributed by atoms with Crippen LogP contribution in [0.25, 0.3) is 0 Å². The van der Waals surface area contributed by atoms with E-state index in [1.54, 1.807) is 0 Å². The van der Waals surface area contributed by atoms with Crippen LogP contribution in [0.4, 0.5) is 0 Å². The minimum absolute atomic E-state index is 0.554. The Labute approximate surface area is 178 Å². The first-order valence-corrected chi connectivity index (χ1v) is 12.1. The summed E-state index contributed by atoms with van der Waals surface area (Å²) in [7, 11) is 2.10. The lowest BCUT2D eigenvalue weighted by Gasteiger charge is -2.27. The fourth-order valence-electron chi connectivity index (χ4n) is 5.15. The number of aromatic nitrogens is 1. The van der Waals surface area contributed by atoms with E-state index in [-0.39, 0.29) is 0 Å². The summed E-state index contributed by atoms with van der Waals surface area (Å²) < 4.78 is 0. The summed E-state index contributed by atoms with van der Waals surface area (Å²) in [4.78, 5) is 4.94. The number of nitrogens with one attached hydrogen (secondary N) is 4. The molecule has 2 saturated carbocycles. The predicted molar refractivity (Wildman–Crippen MR) is 122 cm³/mol. The number of pyridine rings is 1. The van der Waals surface area contributed by atoms with Crippen LogP contribution in [0, 0.1) is 0 Å². The zero-order valence-corrected chi connectivity index (χ0v) is 18.7. The molecule has 0 saturated heterocycles. The van der Waals surface area contributed by atoms with Gasteiger partial charge in [0.2, 0.25) is 0 Å². The zero-order valence-electron chi connectivity index (χ0n) is 18.7. The van der Waals surface area contributed by atoms with Gasteiger partial charge >= 0.3 is 0 Å². The van der Waals surface area contributed by atoms with Gasteiger partial charge in [0.15, 0.2) is 0 Å².